The summed E-state index contributed by atoms with van der Waals surface area (Å²) >= 11 is 7.93. The van der Waals surface area contributed by atoms with E-state index in [0.29, 0.717) is 10.6 Å². The fraction of sp³-hybridized carbons (Fsp3) is 0.364. The van der Waals surface area contributed by atoms with E-state index in [1.54, 1.807) is 18.2 Å². The molecule has 0 fully saturated rings. The lowest BCUT2D eigenvalue weighted by atomic mass is 10.1. The minimum absolute atomic E-state index is 0.0661. The van der Waals surface area contributed by atoms with Crippen LogP contribution in [0.4, 0.5) is 0 Å². The second-order valence-electron chi connectivity index (χ2n) is 4.33. The molecule has 0 saturated carbocycles. The van der Waals surface area contributed by atoms with Crippen molar-refractivity contribution in [3.63, 3.8) is 0 Å². The molecule has 0 aliphatic carbocycles. The van der Waals surface area contributed by atoms with Gasteiger partial charge in [-0.1, -0.05) is 11.6 Å². The highest BCUT2D eigenvalue weighted by atomic mass is 127. The predicted octanol–water partition coefficient (Wildman–Crippen LogP) is 3.47. The molecule has 1 aromatic carbocycles. The van der Waals surface area contributed by atoms with Crippen LogP contribution in [0, 0.1) is 3.57 Å². The molecule has 1 amide bonds. The number of hydrogen-bond donors (Lipinski definition) is 1. The Kier molecular flexibility index (Phi) is 4.00. The fourth-order valence-electron chi connectivity index (χ4n) is 1.08. The molecule has 4 heteroatoms. The summed E-state index contributed by atoms with van der Waals surface area (Å²) in [6.45, 7) is 5.86. The van der Waals surface area contributed by atoms with Gasteiger partial charge in [-0.3, -0.25) is 4.79 Å². The van der Waals surface area contributed by atoms with Gasteiger partial charge in [-0.15, -0.1) is 0 Å². The van der Waals surface area contributed by atoms with Gasteiger partial charge in [-0.2, -0.15) is 0 Å². The van der Waals surface area contributed by atoms with Crippen molar-refractivity contribution in [3.05, 3.63) is 32.4 Å². The number of halogens is 2. The van der Waals surface area contributed by atoms with Crippen molar-refractivity contribution in [2.24, 2.45) is 0 Å². The van der Waals surface area contributed by atoms with Gasteiger partial charge < -0.3 is 5.32 Å². The highest BCUT2D eigenvalue weighted by Crippen LogP contribution is 2.18. The van der Waals surface area contributed by atoms with E-state index >= 15 is 0 Å². The molecule has 1 aromatic rings. The molecule has 0 unspecified atom stereocenters. The van der Waals surface area contributed by atoms with Crippen LogP contribution in [0.15, 0.2) is 18.2 Å². The Hall–Kier alpha value is -0.290. The van der Waals surface area contributed by atoms with Crippen molar-refractivity contribution in [2.45, 2.75) is 26.3 Å². The molecular weight excluding hydrogens is 324 g/mol. The van der Waals surface area contributed by atoms with Crippen LogP contribution >= 0.6 is 34.2 Å². The van der Waals surface area contributed by atoms with Crippen LogP contribution in [-0.2, 0) is 0 Å². The van der Waals surface area contributed by atoms with E-state index in [4.69, 9.17) is 11.6 Å². The lowest BCUT2D eigenvalue weighted by Crippen LogP contribution is -2.40. The van der Waals surface area contributed by atoms with Gasteiger partial charge in [0.15, 0.2) is 0 Å². The fourth-order valence-corrected chi connectivity index (χ4v) is 2.20. The standard InChI is InChI=1S/C11H13ClINO/c1-11(2,3)14-10(15)8-5-4-7(12)6-9(8)13/h4-6H,1-3H3,(H,14,15). The van der Waals surface area contributed by atoms with Gasteiger partial charge in [0.1, 0.15) is 0 Å². The predicted molar refractivity (Wildman–Crippen MR) is 71.4 cm³/mol. The first-order valence-electron chi connectivity index (χ1n) is 4.57. The number of hydrogen-bond acceptors (Lipinski definition) is 1. The van der Waals surface area contributed by atoms with Crippen LogP contribution in [0.2, 0.25) is 5.02 Å². The SMILES string of the molecule is CC(C)(C)NC(=O)c1ccc(Cl)cc1I. The monoisotopic (exact) mass is 337 g/mol. The smallest absolute Gasteiger partial charge is 0.252 e. The van der Waals surface area contributed by atoms with E-state index in [1.807, 2.05) is 20.8 Å². The number of carbonyl (C=O) groups is 1. The van der Waals surface area contributed by atoms with Gasteiger partial charge in [-0.05, 0) is 61.6 Å². The number of benzene rings is 1. The minimum atomic E-state index is -0.222. The van der Waals surface area contributed by atoms with Gasteiger partial charge >= 0.3 is 0 Å². The highest BCUT2D eigenvalue weighted by molar-refractivity contribution is 14.1. The molecule has 82 valence electrons. The van der Waals surface area contributed by atoms with Crippen molar-refractivity contribution in [1.29, 1.82) is 0 Å². The molecule has 0 saturated heterocycles. The molecule has 2 nitrogen and oxygen atoms in total. The molecule has 0 radical (unpaired) electrons. The van der Waals surface area contributed by atoms with Crippen molar-refractivity contribution in [2.75, 3.05) is 0 Å². The van der Waals surface area contributed by atoms with Crippen molar-refractivity contribution in [1.82, 2.24) is 5.32 Å². The molecule has 15 heavy (non-hydrogen) atoms. The average Bonchev–Trinajstić information content (AvgIpc) is 1.99. The summed E-state index contributed by atoms with van der Waals surface area (Å²) in [5, 5.41) is 3.55. The van der Waals surface area contributed by atoms with Gasteiger partial charge in [0.05, 0.1) is 5.56 Å². The van der Waals surface area contributed by atoms with E-state index < -0.39 is 0 Å². The van der Waals surface area contributed by atoms with E-state index in [0.717, 1.165) is 3.57 Å². The van der Waals surface area contributed by atoms with Crippen LogP contribution in [0.1, 0.15) is 31.1 Å². The van der Waals surface area contributed by atoms with E-state index in [1.165, 1.54) is 0 Å². The first kappa shape index (κ1) is 12.8. The Balaban J connectivity index is 2.92. The van der Waals surface area contributed by atoms with E-state index in [2.05, 4.69) is 27.9 Å². The second-order valence-corrected chi connectivity index (χ2v) is 5.93. The van der Waals surface area contributed by atoms with Gasteiger partial charge in [0.2, 0.25) is 0 Å². The summed E-state index contributed by atoms with van der Waals surface area (Å²) in [5.74, 6) is -0.0661. The third kappa shape index (κ3) is 3.99. The minimum Gasteiger partial charge on any atom is -0.347 e. The molecule has 1 N–H and O–H groups in total. The van der Waals surface area contributed by atoms with E-state index in [9.17, 15) is 4.79 Å². The van der Waals surface area contributed by atoms with Crippen LogP contribution in [0.25, 0.3) is 0 Å². The Morgan fingerprint density at radius 1 is 1.40 bits per heavy atom. The topological polar surface area (TPSA) is 29.1 Å². The summed E-state index contributed by atoms with van der Waals surface area (Å²) in [6.07, 6.45) is 0. The maximum Gasteiger partial charge on any atom is 0.252 e. The van der Waals surface area contributed by atoms with Crippen molar-refractivity contribution < 1.29 is 4.79 Å². The second kappa shape index (κ2) is 4.70. The zero-order chi connectivity index (χ0) is 11.6. The molecular formula is C11H13ClINO. The summed E-state index contributed by atoms with van der Waals surface area (Å²) in [6, 6.07) is 5.24. The number of carbonyl (C=O) groups excluding carboxylic acids is 1. The normalized spacial score (nSPS) is 11.3. The Morgan fingerprint density at radius 2 is 2.00 bits per heavy atom. The number of rotatable bonds is 1. The van der Waals surface area contributed by atoms with Crippen molar-refractivity contribution in [3.8, 4) is 0 Å². The zero-order valence-electron chi connectivity index (χ0n) is 8.90. The molecule has 0 atom stereocenters. The molecule has 0 bridgehead atoms. The summed E-state index contributed by atoms with van der Waals surface area (Å²) < 4.78 is 0.863. The molecule has 1 rings (SSSR count). The number of amides is 1. The van der Waals surface area contributed by atoms with Crippen LogP contribution in [0.3, 0.4) is 0 Å². The average molecular weight is 338 g/mol. The molecule has 0 aliphatic heterocycles. The summed E-state index contributed by atoms with van der Waals surface area (Å²) in [4.78, 5) is 11.8. The van der Waals surface area contributed by atoms with Crippen molar-refractivity contribution >= 4 is 40.1 Å². The molecule has 0 aliphatic rings. The lowest BCUT2D eigenvalue weighted by molar-refractivity contribution is 0.0918. The molecule has 0 heterocycles. The van der Waals surface area contributed by atoms with Gasteiger partial charge in [-0.25, -0.2) is 0 Å². The third-order valence-electron chi connectivity index (χ3n) is 1.66. The highest BCUT2D eigenvalue weighted by Gasteiger charge is 2.17. The maximum absolute atomic E-state index is 11.8. The zero-order valence-corrected chi connectivity index (χ0v) is 11.8. The van der Waals surface area contributed by atoms with E-state index in [-0.39, 0.29) is 11.4 Å². The maximum atomic E-state index is 11.8. The Morgan fingerprint density at radius 3 is 2.47 bits per heavy atom. The van der Waals surface area contributed by atoms with Crippen LogP contribution in [-0.4, -0.2) is 11.4 Å². The van der Waals surface area contributed by atoms with Gasteiger partial charge in [0, 0.05) is 14.1 Å². The molecule has 0 spiro atoms. The largest absolute Gasteiger partial charge is 0.347 e. The Bertz CT molecular complexity index is 385. The quantitative estimate of drug-likeness (QED) is 0.781. The third-order valence-corrected chi connectivity index (χ3v) is 2.79. The summed E-state index contributed by atoms with van der Waals surface area (Å²) in [5.41, 5.74) is 0.440. The summed E-state index contributed by atoms with van der Waals surface area (Å²) in [7, 11) is 0. The Labute approximate surface area is 109 Å². The molecule has 0 aromatic heterocycles. The first-order valence-corrected chi connectivity index (χ1v) is 6.03. The van der Waals surface area contributed by atoms with Gasteiger partial charge in [0.25, 0.3) is 5.91 Å². The lowest BCUT2D eigenvalue weighted by Gasteiger charge is -2.20. The number of nitrogens with one attached hydrogen (secondary N) is 1. The van der Waals surface area contributed by atoms with Crippen LogP contribution in [0.5, 0.6) is 0 Å². The van der Waals surface area contributed by atoms with Crippen LogP contribution < -0.4 is 5.32 Å². The first-order chi connectivity index (χ1) is 6.79.